The smallest absolute Gasteiger partial charge is 0.270 e. The number of thiazole rings is 1. The Kier molecular flexibility index (Phi) is 5.58. The van der Waals surface area contributed by atoms with E-state index in [-0.39, 0.29) is 17.2 Å². The zero-order chi connectivity index (χ0) is 20.6. The van der Waals surface area contributed by atoms with Crippen molar-refractivity contribution in [2.45, 2.75) is 55.6 Å². The third-order valence-corrected chi connectivity index (χ3v) is 8.75. The van der Waals surface area contributed by atoms with Crippen LogP contribution in [-0.4, -0.2) is 16.8 Å². The van der Waals surface area contributed by atoms with E-state index in [0.717, 1.165) is 28.3 Å². The molecule has 2 N–H and O–H groups in total. The van der Waals surface area contributed by atoms with Crippen molar-refractivity contribution in [3.8, 4) is 0 Å². The fourth-order valence-corrected chi connectivity index (χ4v) is 7.94. The molecule has 1 aromatic carbocycles. The van der Waals surface area contributed by atoms with Crippen LogP contribution >= 0.6 is 23.1 Å². The van der Waals surface area contributed by atoms with Crippen LogP contribution < -0.4 is 10.9 Å². The highest BCUT2D eigenvalue weighted by atomic mass is 32.2. The van der Waals surface area contributed by atoms with Gasteiger partial charge in [0.25, 0.3) is 5.91 Å². The van der Waals surface area contributed by atoms with Crippen LogP contribution in [0.5, 0.6) is 0 Å². The Hall–Kier alpha value is -1.86. The van der Waals surface area contributed by atoms with Crippen LogP contribution in [0.25, 0.3) is 0 Å². The summed E-state index contributed by atoms with van der Waals surface area (Å²) in [6.07, 6.45) is 8.22. The first-order chi connectivity index (χ1) is 14.6. The fraction of sp³-hybridized carbons (Fsp3) is 0.522. The zero-order valence-electron chi connectivity index (χ0n) is 16.9. The molecule has 158 valence electrons. The second kappa shape index (κ2) is 8.35. The minimum Gasteiger partial charge on any atom is -0.273 e. The number of hydrazine groups is 1. The number of hydrogen-bond acceptors (Lipinski definition) is 5. The molecule has 7 heteroatoms. The van der Waals surface area contributed by atoms with Gasteiger partial charge < -0.3 is 0 Å². The minimum atomic E-state index is -0.268. The van der Waals surface area contributed by atoms with Crippen LogP contribution in [0.4, 0.5) is 0 Å². The van der Waals surface area contributed by atoms with Crippen molar-refractivity contribution < 1.29 is 9.59 Å². The molecule has 4 bridgehead atoms. The fourth-order valence-electron chi connectivity index (χ4n) is 6.33. The molecular formula is C23H27N3O2S2. The number of amides is 2. The van der Waals surface area contributed by atoms with Gasteiger partial charge in [-0.2, -0.15) is 0 Å². The molecule has 0 unspecified atom stereocenters. The SMILES string of the molecule is O=C(CC12CC3CC(CC(C3)C1)C2)NNC(=O)c1ccccc1SCc1cscn1. The molecule has 0 radical (unpaired) electrons. The van der Waals surface area contributed by atoms with Gasteiger partial charge in [-0.25, -0.2) is 4.98 Å². The third kappa shape index (κ3) is 4.28. The predicted octanol–water partition coefficient (Wildman–Crippen LogP) is 4.80. The molecule has 0 aliphatic heterocycles. The van der Waals surface area contributed by atoms with Crippen molar-refractivity contribution in [3.63, 3.8) is 0 Å². The summed E-state index contributed by atoms with van der Waals surface area (Å²) < 4.78 is 0. The van der Waals surface area contributed by atoms with Crippen LogP contribution in [0, 0.1) is 23.2 Å². The maximum atomic E-state index is 12.7. The minimum absolute atomic E-state index is 0.0575. The Morgan fingerprint density at radius 2 is 1.77 bits per heavy atom. The van der Waals surface area contributed by atoms with Crippen molar-refractivity contribution in [1.82, 2.24) is 15.8 Å². The van der Waals surface area contributed by atoms with Crippen LogP contribution in [0.2, 0.25) is 0 Å². The van der Waals surface area contributed by atoms with E-state index < -0.39 is 0 Å². The number of aromatic nitrogens is 1. The van der Waals surface area contributed by atoms with Gasteiger partial charge in [-0.15, -0.1) is 23.1 Å². The van der Waals surface area contributed by atoms with Gasteiger partial charge in [0, 0.05) is 22.4 Å². The quantitative estimate of drug-likeness (QED) is 0.499. The van der Waals surface area contributed by atoms with E-state index in [1.807, 2.05) is 29.1 Å². The predicted molar refractivity (Wildman–Crippen MR) is 119 cm³/mol. The molecule has 0 atom stereocenters. The molecule has 30 heavy (non-hydrogen) atoms. The van der Waals surface area contributed by atoms with Gasteiger partial charge in [0.15, 0.2) is 0 Å². The Morgan fingerprint density at radius 1 is 1.07 bits per heavy atom. The van der Waals surface area contributed by atoms with Gasteiger partial charge in [0.05, 0.1) is 16.8 Å². The monoisotopic (exact) mass is 441 g/mol. The molecule has 2 amide bonds. The van der Waals surface area contributed by atoms with Crippen molar-refractivity contribution >= 4 is 34.9 Å². The van der Waals surface area contributed by atoms with E-state index in [4.69, 9.17) is 0 Å². The summed E-state index contributed by atoms with van der Waals surface area (Å²) in [6.45, 7) is 0. The molecule has 4 fully saturated rings. The lowest BCUT2D eigenvalue weighted by Gasteiger charge is -2.56. The summed E-state index contributed by atoms with van der Waals surface area (Å²) in [7, 11) is 0. The largest absolute Gasteiger partial charge is 0.273 e. The van der Waals surface area contributed by atoms with E-state index in [1.165, 1.54) is 38.5 Å². The summed E-state index contributed by atoms with van der Waals surface area (Å²) in [5.41, 5.74) is 8.91. The first-order valence-electron chi connectivity index (χ1n) is 10.8. The summed E-state index contributed by atoms with van der Waals surface area (Å²) in [4.78, 5) is 30.6. The van der Waals surface area contributed by atoms with Crippen LogP contribution in [-0.2, 0) is 10.5 Å². The van der Waals surface area contributed by atoms with E-state index in [2.05, 4.69) is 15.8 Å². The van der Waals surface area contributed by atoms with Gasteiger partial charge in [-0.3, -0.25) is 20.4 Å². The molecule has 1 aromatic heterocycles. The molecule has 5 nitrogen and oxygen atoms in total. The molecular weight excluding hydrogens is 414 g/mol. The molecule has 0 saturated heterocycles. The van der Waals surface area contributed by atoms with Gasteiger partial charge in [0.2, 0.25) is 5.91 Å². The average molecular weight is 442 g/mol. The number of nitrogens with zero attached hydrogens (tertiary/aromatic N) is 1. The standard InChI is InChI=1S/C23H27N3O2S2/c27-21(11-23-8-15-5-16(9-23)7-17(6-15)10-23)25-26-22(28)19-3-1-2-4-20(19)30-13-18-12-29-14-24-18/h1-4,12,14-17H,5-11,13H2,(H,25,27)(H,26,28). The number of carbonyl (C=O) groups excluding carboxylic acids is 2. The van der Waals surface area contributed by atoms with Crippen LogP contribution in [0.15, 0.2) is 40.1 Å². The van der Waals surface area contributed by atoms with E-state index in [0.29, 0.717) is 17.7 Å². The highest BCUT2D eigenvalue weighted by molar-refractivity contribution is 7.98. The molecule has 4 aliphatic rings. The summed E-state index contributed by atoms with van der Waals surface area (Å²) in [6, 6.07) is 7.50. The van der Waals surface area contributed by atoms with Gasteiger partial charge in [0.1, 0.15) is 0 Å². The van der Waals surface area contributed by atoms with Gasteiger partial charge >= 0.3 is 0 Å². The average Bonchev–Trinajstić information content (AvgIpc) is 3.23. The molecule has 1 heterocycles. The first kappa shape index (κ1) is 20.1. The summed E-state index contributed by atoms with van der Waals surface area (Å²) >= 11 is 3.15. The Balaban J connectivity index is 1.17. The van der Waals surface area contributed by atoms with Crippen LogP contribution in [0.3, 0.4) is 0 Å². The normalized spacial score (nSPS) is 29.0. The Morgan fingerprint density at radius 3 is 2.43 bits per heavy atom. The lowest BCUT2D eigenvalue weighted by Crippen LogP contribution is -2.50. The van der Waals surface area contributed by atoms with E-state index >= 15 is 0 Å². The number of rotatable bonds is 6. The maximum absolute atomic E-state index is 12.7. The summed E-state index contributed by atoms with van der Waals surface area (Å²) in [5.74, 6) is 2.85. The number of thioether (sulfide) groups is 1. The molecule has 4 aliphatic carbocycles. The molecule has 0 spiro atoms. The lowest BCUT2D eigenvalue weighted by molar-refractivity contribution is -0.130. The van der Waals surface area contributed by atoms with E-state index in [9.17, 15) is 9.59 Å². The third-order valence-electron chi connectivity index (χ3n) is 7.01. The van der Waals surface area contributed by atoms with Crippen molar-refractivity contribution in [2.24, 2.45) is 23.2 Å². The Labute approximate surface area is 185 Å². The maximum Gasteiger partial charge on any atom is 0.270 e. The molecule has 2 aromatic rings. The second-order valence-corrected chi connectivity index (χ2v) is 11.1. The molecule has 4 saturated carbocycles. The highest BCUT2D eigenvalue weighted by Gasteiger charge is 2.51. The molecule has 6 rings (SSSR count). The van der Waals surface area contributed by atoms with Gasteiger partial charge in [-0.1, -0.05) is 12.1 Å². The Bertz CT molecular complexity index is 893. The summed E-state index contributed by atoms with van der Waals surface area (Å²) in [5, 5.41) is 2.01. The van der Waals surface area contributed by atoms with Crippen LogP contribution in [0.1, 0.15) is 61.0 Å². The van der Waals surface area contributed by atoms with Crippen molar-refractivity contribution in [3.05, 3.63) is 46.4 Å². The van der Waals surface area contributed by atoms with Crippen molar-refractivity contribution in [2.75, 3.05) is 0 Å². The zero-order valence-corrected chi connectivity index (χ0v) is 18.6. The second-order valence-electron chi connectivity index (χ2n) is 9.36. The number of carbonyl (C=O) groups is 2. The number of hydrogen-bond donors (Lipinski definition) is 2. The topological polar surface area (TPSA) is 71.1 Å². The first-order valence-corrected chi connectivity index (χ1v) is 12.7. The van der Waals surface area contributed by atoms with Gasteiger partial charge in [-0.05, 0) is 73.8 Å². The number of benzene rings is 1. The number of nitrogens with one attached hydrogen (secondary N) is 2. The lowest BCUT2D eigenvalue weighted by atomic mass is 9.49. The van der Waals surface area contributed by atoms with E-state index in [1.54, 1.807) is 29.2 Å². The van der Waals surface area contributed by atoms with Crippen molar-refractivity contribution in [1.29, 1.82) is 0 Å². The highest BCUT2D eigenvalue weighted by Crippen LogP contribution is 2.61.